The van der Waals surface area contributed by atoms with E-state index in [0.29, 0.717) is 5.46 Å². The molecule has 0 aromatic carbocycles. The summed E-state index contributed by atoms with van der Waals surface area (Å²) in [5.74, 6) is -0.199. The molecule has 1 aromatic rings. The molecule has 0 N–H and O–H groups in total. The molecule has 2 fully saturated rings. The van der Waals surface area contributed by atoms with Crippen LogP contribution in [0.3, 0.4) is 0 Å². The fourth-order valence-corrected chi connectivity index (χ4v) is 3.08. The molecule has 142 valence electrons. The summed E-state index contributed by atoms with van der Waals surface area (Å²) in [6, 6.07) is 1.69. The average molecular weight is 362 g/mol. The van der Waals surface area contributed by atoms with E-state index in [1.54, 1.807) is 12.3 Å². The molecule has 1 unspecified atom stereocenters. The quantitative estimate of drug-likeness (QED) is 0.590. The average Bonchev–Trinajstić information content (AvgIpc) is 3.07. The summed E-state index contributed by atoms with van der Waals surface area (Å²) in [6.45, 7) is 9.70. The van der Waals surface area contributed by atoms with E-state index in [0.717, 1.165) is 19.5 Å². The highest BCUT2D eigenvalue weighted by atomic mass is 16.7. The van der Waals surface area contributed by atoms with Crippen LogP contribution in [0.5, 0.6) is 5.88 Å². The van der Waals surface area contributed by atoms with Crippen LogP contribution >= 0.6 is 0 Å². The topological polar surface area (TPSA) is 70.1 Å². The lowest BCUT2D eigenvalue weighted by Gasteiger charge is -2.32. The standard InChI is InChI=1S/C18H27BN2O5/c1-17(2)18(3,4)26-19(25-17)12-9-14(16(22)23-6)15(20-10-12)24-13-7-8-21(5)11-13/h9-10,13H,7-8,11H2,1-6H3. The van der Waals surface area contributed by atoms with Crippen LogP contribution in [-0.2, 0) is 14.0 Å². The summed E-state index contributed by atoms with van der Waals surface area (Å²) < 4.78 is 23.0. The number of aromatic nitrogens is 1. The molecule has 0 saturated carbocycles. The van der Waals surface area contributed by atoms with Crippen LogP contribution in [0.25, 0.3) is 0 Å². The van der Waals surface area contributed by atoms with Gasteiger partial charge < -0.3 is 23.7 Å². The van der Waals surface area contributed by atoms with E-state index in [4.69, 9.17) is 18.8 Å². The maximum atomic E-state index is 12.3. The molecule has 1 atom stereocenters. The summed E-state index contributed by atoms with van der Waals surface area (Å²) in [5, 5.41) is 0. The van der Waals surface area contributed by atoms with E-state index in [9.17, 15) is 4.79 Å². The number of carbonyl (C=O) groups excluding carboxylic acids is 1. The third kappa shape index (κ3) is 3.58. The van der Waals surface area contributed by atoms with Gasteiger partial charge in [-0.3, -0.25) is 0 Å². The van der Waals surface area contributed by atoms with E-state index in [1.807, 2.05) is 34.7 Å². The van der Waals surface area contributed by atoms with Crippen molar-refractivity contribution in [1.29, 1.82) is 0 Å². The zero-order chi connectivity index (χ0) is 19.1. The zero-order valence-electron chi connectivity index (χ0n) is 16.4. The first-order valence-corrected chi connectivity index (χ1v) is 8.92. The molecule has 2 saturated heterocycles. The van der Waals surface area contributed by atoms with Crippen molar-refractivity contribution < 1.29 is 23.6 Å². The third-order valence-electron chi connectivity index (χ3n) is 5.43. The number of rotatable bonds is 4. The second-order valence-corrected chi connectivity index (χ2v) is 7.99. The molecule has 8 heteroatoms. The normalized spacial score (nSPS) is 24.7. The highest BCUT2D eigenvalue weighted by Gasteiger charge is 2.52. The Morgan fingerprint density at radius 1 is 1.31 bits per heavy atom. The second-order valence-electron chi connectivity index (χ2n) is 7.99. The number of nitrogens with zero attached hydrogens (tertiary/aromatic N) is 2. The van der Waals surface area contributed by atoms with Crippen LogP contribution in [0.2, 0.25) is 0 Å². The molecular formula is C18H27BN2O5. The fraction of sp³-hybridized carbons (Fsp3) is 0.667. The van der Waals surface area contributed by atoms with Crippen molar-refractivity contribution >= 4 is 18.6 Å². The van der Waals surface area contributed by atoms with Crippen LogP contribution in [-0.4, -0.2) is 67.5 Å². The first kappa shape index (κ1) is 19.1. The molecule has 0 amide bonds. The van der Waals surface area contributed by atoms with E-state index < -0.39 is 24.3 Å². The predicted octanol–water partition coefficient (Wildman–Crippen LogP) is 1.25. The Balaban J connectivity index is 1.86. The number of likely N-dealkylation sites (N-methyl/N-ethyl adjacent to an activating group) is 1. The van der Waals surface area contributed by atoms with Gasteiger partial charge in [-0.25, -0.2) is 9.78 Å². The summed E-state index contributed by atoms with van der Waals surface area (Å²) >= 11 is 0. The summed E-state index contributed by atoms with van der Waals surface area (Å²) in [6.07, 6.45) is 2.55. The molecule has 0 aliphatic carbocycles. The highest BCUT2D eigenvalue weighted by molar-refractivity contribution is 6.62. The maximum absolute atomic E-state index is 12.3. The zero-order valence-corrected chi connectivity index (χ0v) is 16.4. The molecule has 26 heavy (non-hydrogen) atoms. The first-order chi connectivity index (χ1) is 12.1. The molecule has 1 aromatic heterocycles. The van der Waals surface area contributed by atoms with Crippen LogP contribution in [0, 0.1) is 0 Å². The lowest BCUT2D eigenvalue weighted by atomic mass is 9.79. The molecular weight excluding hydrogens is 335 g/mol. The van der Waals surface area contributed by atoms with Crippen molar-refractivity contribution in [2.75, 3.05) is 27.2 Å². The van der Waals surface area contributed by atoms with E-state index in [2.05, 4.69) is 9.88 Å². The van der Waals surface area contributed by atoms with Crippen molar-refractivity contribution in [2.24, 2.45) is 0 Å². The maximum Gasteiger partial charge on any atom is 0.496 e. The van der Waals surface area contributed by atoms with Gasteiger partial charge in [-0.05, 0) is 47.2 Å². The minimum absolute atomic E-state index is 0.0126. The summed E-state index contributed by atoms with van der Waals surface area (Å²) in [5.41, 5.74) is 0.0218. The Morgan fingerprint density at radius 2 is 1.96 bits per heavy atom. The van der Waals surface area contributed by atoms with Crippen molar-refractivity contribution in [2.45, 2.75) is 51.4 Å². The van der Waals surface area contributed by atoms with Gasteiger partial charge in [0, 0.05) is 24.7 Å². The largest absolute Gasteiger partial charge is 0.496 e. The van der Waals surface area contributed by atoms with Gasteiger partial charge >= 0.3 is 13.1 Å². The Kier molecular flexibility index (Phi) is 5.03. The molecule has 2 aliphatic rings. The molecule has 0 spiro atoms. The number of esters is 1. The molecule has 7 nitrogen and oxygen atoms in total. The number of likely N-dealkylation sites (tertiary alicyclic amines) is 1. The Morgan fingerprint density at radius 3 is 2.50 bits per heavy atom. The van der Waals surface area contributed by atoms with Crippen molar-refractivity contribution in [3.8, 4) is 5.88 Å². The van der Waals surface area contributed by atoms with Crippen LogP contribution in [0.1, 0.15) is 44.5 Å². The number of carbonyl (C=O) groups is 1. The van der Waals surface area contributed by atoms with Gasteiger partial charge in [0.25, 0.3) is 0 Å². The Bertz CT molecular complexity index is 678. The van der Waals surface area contributed by atoms with Crippen LogP contribution < -0.4 is 10.2 Å². The number of pyridine rings is 1. The Hall–Kier alpha value is -1.64. The minimum atomic E-state index is -0.595. The van der Waals surface area contributed by atoms with Crippen LogP contribution in [0.4, 0.5) is 0 Å². The van der Waals surface area contributed by atoms with Gasteiger partial charge in [-0.15, -0.1) is 0 Å². The van der Waals surface area contributed by atoms with Crippen molar-refractivity contribution in [3.63, 3.8) is 0 Å². The van der Waals surface area contributed by atoms with E-state index in [1.165, 1.54) is 7.11 Å². The number of ether oxygens (including phenoxy) is 2. The van der Waals surface area contributed by atoms with Gasteiger partial charge in [-0.1, -0.05) is 0 Å². The third-order valence-corrected chi connectivity index (χ3v) is 5.43. The van der Waals surface area contributed by atoms with Gasteiger partial charge in [0.2, 0.25) is 5.88 Å². The number of hydrogen-bond acceptors (Lipinski definition) is 7. The monoisotopic (exact) mass is 362 g/mol. The van der Waals surface area contributed by atoms with Crippen molar-refractivity contribution in [1.82, 2.24) is 9.88 Å². The smallest absolute Gasteiger partial charge is 0.472 e. The van der Waals surface area contributed by atoms with Gasteiger partial charge in [0.05, 0.1) is 18.3 Å². The minimum Gasteiger partial charge on any atom is -0.472 e. The molecule has 0 bridgehead atoms. The summed E-state index contributed by atoms with van der Waals surface area (Å²) in [7, 11) is 2.79. The molecule has 2 aliphatic heterocycles. The predicted molar refractivity (Wildman–Crippen MR) is 97.8 cm³/mol. The Labute approximate surface area is 155 Å². The number of methoxy groups -OCH3 is 1. The lowest BCUT2D eigenvalue weighted by molar-refractivity contribution is 0.00578. The van der Waals surface area contributed by atoms with Gasteiger partial charge in [0.15, 0.2) is 0 Å². The van der Waals surface area contributed by atoms with Gasteiger partial charge in [-0.2, -0.15) is 0 Å². The van der Waals surface area contributed by atoms with Crippen molar-refractivity contribution in [3.05, 3.63) is 17.8 Å². The second kappa shape index (κ2) is 6.83. The highest BCUT2D eigenvalue weighted by Crippen LogP contribution is 2.36. The molecule has 3 rings (SSSR count). The lowest BCUT2D eigenvalue weighted by Crippen LogP contribution is -2.41. The molecule has 3 heterocycles. The SMILES string of the molecule is COC(=O)c1cc(B2OC(C)(C)C(C)(C)O2)cnc1OC1CCN(C)C1. The first-order valence-electron chi connectivity index (χ1n) is 8.92. The fourth-order valence-electron chi connectivity index (χ4n) is 3.08. The van der Waals surface area contributed by atoms with E-state index in [-0.39, 0.29) is 17.5 Å². The summed E-state index contributed by atoms with van der Waals surface area (Å²) in [4.78, 5) is 18.8. The van der Waals surface area contributed by atoms with Gasteiger partial charge in [0.1, 0.15) is 11.7 Å². The van der Waals surface area contributed by atoms with Crippen LogP contribution in [0.15, 0.2) is 12.3 Å². The number of hydrogen-bond donors (Lipinski definition) is 0. The molecule has 0 radical (unpaired) electrons. The van der Waals surface area contributed by atoms with E-state index >= 15 is 0 Å².